The first-order chi connectivity index (χ1) is 11.8. The van der Waals surface area contributed by atoms with E-state index in [0.29, 0.717) is 10.7 Å². The van der Waals surface area contributed by atoms with Crippen LogP contribution in [0.15, 0.2) is 41.3 Å². The molecule has 0 amide bonds. The summed E-state index contributed by atoms with van der Waals surface area (Å²) < 4.78 is 0. The summed E-state index contributed by atoms with van der Waals surface area (Å²) in [6.07, 6.45) is 4.02. The van der Waals surface area contributed by atoms with E-state index in [4.69, 9.17) is 0 Å². The minimum absolute atomic E-state index is 0.314. The first-order valence-corrected chi connectivity index (χ1v) is 10.5. The molecule has 0 spiro atoms. The second kappa shape index (κ2) is 7.19. The Bertz CT molecular complexity index is 720. The Kier molecular flexibility index (Phi) is 5.34. The summed E-state index contributed by atoms with van der Waals surface area (Å²) in [5.41, 5.74) is 7.64. The van der Waals surface area contributed by atoms with Gasteiger partial charge in [-0.1, -0.05) is 56.7 Å². The molecule has 1 aliphatic rings. The first-order valence-electron chi connectivity index (χ1n) is 9.64. The number of aryl methyl sites for hydroxylation is 2. The maximum absolute atomic E-state index is 2.50. The zero-order valence-corrected chi connectivity index (χ0v) is 17.5. The molecule has 25 heavy (non-hydrogen) atoms. The molecule has 0 aliphatic heterocycles. The number of rotatable bonds is 4. The van der Waals surface area contributed by atoms with Crippen LogP contribution in [0.3, 0.4) is 0 Å². The van der Waals surface area contributed by atoms with Gasteiger partial charge in [0, 0.05) is 10.1 Å². The van der Waals surface area contributed by atoms with Crippen molar-refractivity contribution in [2.75, 3.05) is 0 Å². The van der Waals surface area contributed by atoms with Crippen LogP contribution in [0.2, 0.25) is 0 Å². The van der Waals surface area contributed by atoms with Crippen LogP contribution < -0.4 is 0 Å². The van der Waals surface area contributed by atoms with Crippen LogP contribution in [0.1, 0.15) is 60.9 Å². The quantitative estimate of drug-likeness (QED) is 0.526. The van der Waals surface area contributed by atoms with Crippen molar-refractivity contribution in [2.24, 2.45) is 5.92 Å². The van der Waals surface area contributed by atoms with E-state index in [2.05, 4.69) is 89.7 Å². The van der Waals surface area contributed by atoms with Crippen molar-refractivity contribution >= 4 is 11.8 Å². The van der Waals surface area contributed by atoms with E-state index in [1.54, 1.807) is 0 Å². The van der Waals surface area contributed by atoms with E-state index in [1.165, 1.54) is 52.0 Å². The highest BCUT2D eigenvalue weighted by atomic mass is 32.2. The predicted octanol–water partition coefficient (Wildman–Crippen LogP) is 7.16. The van der Waals surface area contributed by atoms with Gasteiger partial charge in [0.15, 0.2) is 0 Å². The third-order valence-corrected chi connectivity index (χ3v) is 8.18. The zero-order chi connectivity index (χ0) is 18.2. The lowest BCUT2D eigenvalue weighted by Crippen LogP contribution is -2.32. The summed E-state index contributed by atoms with van der Waals surface area (Å²) in [7, 11) is 0. The second-order valence-electron chi connectivity index (χ2n) is 8.19. The maximum Gasteiger partial charge on any atom is 0.0139 e. The van der Waals surface area contributed by atoms with Gasteiger partial charge in [0.25, 0.3) is 0 Å². The van der Waals surface area contributed by atoms with Crippen molar-refractivity contribution in [3.05, 3.63) is 64.2 Å². The first kappa shape index (κ1) is 18.6. The lowest BCUT2D eigenvalue weighted by Gasteiger charge is -2.36. The minimum atomic E-state index is 0.314. The van der Waals surface area contributed by atoms with Gasteiger partial charge in [0.2, 0.25) is 0 Å². The predicted molar refractivity (Wildman–Crippen MR) is 112 cm³/mol. The average Bonchev–Trinajstić information content (AvgIpc) is 3.01. The molecule has 1 heteroatoms. The van der Waals surface area contributed by atoms with E-state index in [1.807, 2.05) is 0 Å². The molecule has 3 atom stereocenters. The van der Waals surface area contributed by atoms with E-state index in [-0.39, 0.29) is 0 Å². The Labute approximate surface area is 158 Å². The average molecular weight is 353 g/mol. The van der Waals surface area contributed by atoms with Crippen LogP contribution in [-0.4, -0.2) is 5.25 Å². The molecule has 0 radical (unpaired) electrons. The van der Waals surface area contributed by atoms with Gasteiger partial charge in [0.1, 0.15) is 0 Å². The van der Waals surface area contributed by atoms with E-state index >= 15 is 0 Å². The Hall–Kier alpha value is -1.21. The monoisotopic (exact) mass is 352 g/mol. The third kappa shape index (κ3) is 3.40. The van der Waals surface area contributed by atoms with E-state index < -0.39 is 0 Å². The van der Waals surface area contributed by atoms with Crippen LogP contribution in [0.5, 0.6) is 0 Å². The smallest absolute Gasteiger partial charge is 0.0139 e. The van der Waals surface area contributed by atoms with Crippen molar-refractivity contribution in [3.8, 4) is 0 Å². The molecule has 1 saturated carbocycles. The molecule has 0 saturated heterocycles. The molecule has 0 N–H and O–H groups in total. The summed E-state index contributed by atoms with van der Waals surface area (Å²) in [5, 5.41) is 0.631. The van der Waals surface area contributed by atoms with Crippen molar-refractivity contribution in [1.82, 2.24) is 0 Å². The fraction of sp³-hybridized carbons (Fsp3) is 0.500. The fourth-order valence-corrected chi connectivity index (χ4v) is 6.40. The molecule has 2 aromatic rings. The molecule has 3 rings (SSSR count). The molecular weight excluding hydrogens is 320 g/mol. The molecule has 0 unspecified atom stereocenters. The second-order valence-corrected chi connectivity index (χ2v) is 9.58. The minimum Gasteiger partial charge on any atom is -0.122 e. The van der Waals surface area contributed by atoms with Crippen molar-refractivity contribution in [1.29, 1.82) is 0 Å². The van der Waals surface area contributed by atoms with Gasteiger partial charge < -0.3 is 0 Å². The molecule has 2 aromatic carbocycles. The number of benzene rings is 2. The van der Waals surface area contributed by atoms with Gasteiger partial charge in [-0.05, 0) is 79.7 Å². The SMILES string of the molecule is Cc1cc(C)c(C)c(S[C@@H](C)[C@@H]2CCC[C@@]2(C)c2ccccc2)c1C. The topological polar surface area (TPSA) is 0 Å². The third-order valence-electron chi connectivity index (χ3n) is 6.63. The zero-order valence-electron chi connectivity index (χ0n) is 16.6. The largest absolute Gasteiger partial charge is 0.122 e. The highest BCUT2D eigenvalue weighted by molar-refractivity contribution is 8.00. The maximum atomic E-state index is 2.50. The number of hydrogen-bond acceptors (Lipinski definition) is 1. The van der Waals surface area contributed by atoms with E-state index in [9.17, 15) is 0 Å². The van der Waals surface area contributed by atoms with Gasteiger partial charge in [-0.15, -0.1) is 11.8 Å². The Morgan fingerprint density at radius 2 is 1.60 bits per heavy atom. The van der Waals surface area contributed by atoms with Gasteiger partial charge in [0.05, 0.1) is 0 Å². The fourth-order valence-electron chi connectivity index (χ4n) is 4.75. The molecule has 0 bridgehead atoms. The number of thioether (sulfide) groups is 1. The van der Waals surface area contributed by atoms with Crippen LogP contribution in [0, 0.1) is 33.6 Å². The summed E-state index contributed by atoms with van der Waals surface area (Å²) in [4.78, 5) is 1.52. The number of hydrogen-bond donors (Lipinski definition) is 0. The van der Waals surface area contributed by atoms with Crippen LogP contribution in [0.4, 0.5) is 0 Å². The Morgan fingerprint density at radius 1 is 1.00 bits per heavy atom. The molecule has 0 aromatic heterocycles. The van der Waals surface area contributed by atoms with Crippen LogP contribution >= 0.6 is 11.8 Å². The molecule has 134 valence electrons. The van der Waals surface area contributed by atoms with Gasteiger partial charge in [-0.3, -0.25) is 0 Å². The molecule has 0 nitrogen and oxygen atoms in total. The Morgan fingerprint density at radius 3 is 2.20 bits per heavy atom. The van der Waals surface area contributed by atoms with Crippen molar-refractivity contribution in [3.63, 3.8) is 0 Å². The summed E-state index contributed by atoms with van der Waals surface area (Å²) in [5.74, 6) is 0.736. The highest BCUT2D eigenvalue weighted by Crippen LogP contribution is 2.51. The summed E-state index contributed by atoms with van der Waals surface area (Å²) in [6, 6.07) is 13.5. The molecular formula is C24H32S. The molecule has 0 heterocycles. The highest BCUT2D eigenvalue weighted by Gasteiger charge is 2.43. The Balaban J connectivity index is 1.90. The molecule has 1 aliphatic carbocycles. The van der Waals surface area contributed by atoms with Crippen LogP contribution in [-0.2, 0) is 5.41 Å². The van der Waals surface area contributed by atoms with Gasteiger partial charge in [-0.2, -0.15) is 0 Å². The standard InChI is InChI=1S/C24H32S/c1-16-15-17(2)19(4)23(18(16)3)25-20(5)22-13-10-14-24(22,6)21-11-8-7-9-12-21/h7-9,11-12,15,20,22H,10,13-14H2,1-6H3/t20-,22-,24-/m0/s1. The van der Waals surface area contributed by atoms with Crippen LogP contribution in [0.25, 0.3) is 0 Å². The van der Waals surface area contributed by atoms with Gasteiger partial charge in [-0.25, -0.2) is 0 Å². The summed E-state index contributed by atoms with van der Waals surface area (Å²) in [6.45, 7) is 14.0. The lowest BCUT2D eigenvalue weighted by atomic mass is 9.73. The normalized spacial score (nSPS) is 24.5. The lowest BCUT2D eigenvalue weighted by molar-refractivity contribution is 0.342. The molecule has 1 fully saturated rings. The van der Waals surface area contributed by atoms with Gasteiger partial charge >= 0.3 is 0 Å². The van der Waals surface area contributed by atoms with E-state index in [0.717, 1.165) is 5.92 Å². The van der Waals surface area contributed by atoms with Crippen molar-refractivity contribution < 1.29 is 0 Å². The van der Waals surface area contributed by atoms with Crippen molar-refractivity contribution in [2.45, 2.75) is 76.4 Å². The summed E-state index contributed by atoms with van der Waals surface area (Å²) >= 11 is 2.12.